The third-order valence-corrected chi connectivity index (χ3v) is 5.09. The number of nitrogens with zero attached hydrogens (tertiary/aromatic N) is 1. The molecule has 0 radical (unpaired) electrons. The first kappa shape index (κ1) is 15.7. The van der Waals surface area contributed by atoms with E-state index in [0.29, 0.717) is 9.87 Å². The van der Waals surface area contributed by atoms with Crippen molar-refractivity contribution in [2.75, 3.05) is 11.4 Å². The Morgan fingerprint density at radius 3 is 2.33 bits per heavy atom. The molecule has 3 nitrogen and oxygen atoms in total. The van der Waals surface area contributed by atoms with Crippen LogP contribution >= 0.6 is 11.6 Å². The van der Waals surface area contributed by atoms with E-state index in [2.05, 4.69) is 0 Å². The second-order valence-electron chi connectivity index (χ2n) is 4.32. The van der Waals surface area contributed by atoms with Crippen LogP contribution in [0.3, 0.4) is 0 Å². The molecular weight excluding hydrogens is 320 g/mol. The third-order valence-electron chi connectivity index (χ3n) is 2.98. The van der Waals surface area contributed by atoms with Gasteiger partial charge in [0.25, 0.3) is 10.0 Å². The van der Waals surface area contributed by atoms with E-state index >= 15 is 0 Å². The molecule has 2 aromatic carbocycles. The number of hydrogen-bond acceptors (Lipinski definition) is 2. The summed E-state index contributed by atoms with van der Waals surface area (Å²) in [4.78, 5) is -0.526. The van der Waals surface area contributed by atoms with Gasteiger partial charge in [-0.3, -0.25) is 4.31 Å². The van der Waals surface area contributed by atoms with Crippen molar-refractivity contribution in [2.24, 2.45) is 0 Å². The van der Waals surface area contributed by atoms with Crippen LogP contribution in [0.1, 0.15) is 5.56 Å². The van der Waals surface area contributed by atoms with Crippen LogP contribution in [0.5, 0.6) is 0 Å². The maximum atomic E-state index is 14.0. The van der Waals surface area contributed by atoms with Gasteiger partial charge in [-0.1, -0.05) is 18.2 Å². The molecule has 7 heteroatoms. The van der Waals surface area contributed by atoms with Gasteiger partial charge in [0.1, 0.15) is 16.5 Å². The lowest BCUT2D eigenvalue weighted by Crippen LogP contribution is -2.28. The third kappa shape index (κ3) is 3.01. The molecule has 21 heavy (non-hydrogen) atoms. The van der Waals surface area contributed by atoms with Crippen LogP contribution in [0.4, 0.5) is 14.5 Å². The first-order valence-electron chi connectivity index (χ1n) is 5.96. The van der Waals surface area contributed by atoms with Crippen LogP contribution in [-0.4, -0.2) is 15.5 Å². The molecule has 2 rings (SSSR count). The highest BCUT2D eigenvalue weighted by Gasteiger charge is 2.26. The van der Waals surface area contributed by atoms with E-state index in [9.17, 15) is 17.2 Å². The molecule has 0 saturated heterocycles. The molecule has 0 spiro atoms. The number of para-hydroxylation sites is 1. The van der Waals surface area contributed by atoms with E-state index in [1.807, 2.05) is 0 Å². The molecule has 0 unspecified atom stereocenters. The number of alkyl halides is 1. The zero-order valence-corrected chi connectivity index (χ0v) is 12.6. The predicted octanol–water partition coefficient (Wildman–Crippen LogP) is 3.53. The number of benzene rings is 2. The van der Waals surface area contributed by atoms with Gasteiger partial charge in [0.15, 0.2) is 0 Å². The molecule has 0 aliphatic carbocycles. The first-order chi connectivity index (χ1) is 9.87. The van der Waals surface area contributed by atoms with Crippen LogP contribution in [0.2, 0.25) is 0 Å². The molecule has 2 aromatic rings. The topological polar surface area (TPSA) is 37.4 Å². The number of hydrogen-bond donors (Lipinski definition) is 0. The Kier molecular flexibility index (Phi) is 4.49. The van der Waals surface area contributed by atoms with Crippen molar-refractivity contribution in [1.82, 2.24) is 0 Å². The minimum absolute atomic E-state index is 0.0698. The van der Waals surface area contributed by atoms with Crippen molar-refractivity contribution in [3.05, 3.63) is 59.7 Å². The summed E-state index contributed by atoms with van der Waals surface area (Å²) in [5, 5.41) is 0. The molecule has 0 bridgehead atoms. The lowest BCUT2D eigenvalue weighted by molar-refractivity contribution is 0.563. The van der Waals surface area contributed by atoms with Crippen LogP contribution < -0.4 is 4.31 Å². The number of sulfonamides is 1. The van der Waals surface area contributed by atoms with Crippen molar-refractivity contribution in [3.8, 4) is 0 Å². The van der Waals surface area contributed by atoms with Gasteiger partial charge in [-0.25, -0.2) is 17.2 Å². The van der Waals surface area contributed by atoms with Crippen LogP contribution in [0.15, 0.2) is 47.4 Å². The van der Waals surface area contributed by atoms with Crippen molar-refractivity contribution in [2.45, 2.75) is 10.8 Å². The molecule has 112 valence electrons. The summed E-state index contributed by atoms with van der Waals surface area (Å²) in [6.45, 7) is 0. The van der Waals surface area contributed by atoms with E-state index in [4.69, 9.17) is 11.6 Å². The summed E-state index contributed by atoms with van der Waals surface area (Å²) < 4.78 is 53.1. The average molecular weight is 332 g/mol. The molecule has 0 aliphatic heterocycles. The summed E-state index contributed by atoms with van der Waals surface area (Å²) in [5.74, 6) is -1.56. The zero-order chi connectivity index (χ0) is 15.6. The Labute approximate surface area is 126 Å². The van der Waals surface area contributed by atoms with Gasteiger partial charge in [-0.05, 0) is 29.8 Å². The van der Waals surface area contributed by atoms with Crippen LogP contribution in [0.25, 0.3) is 0 Å². The minimum atomic E-state index is -4.19. The highest BCUT2D eigenvalue weighted by molar-refractivity contribution is 7.92. The smallest absolute Gasteiger partial charge is 0.266 e. The lowest BCUT2D eigenvalue weighted by atomic mass is 10.2. The van der Waals surface area contributed by atoms with Crippen molar-refractivity contribution in [3.63, 3.8) is 0 Å². The number of halogens is 3. The fraction of sp³-hybridized carbons (Fsp3) is 0.143. The second kappa shape index (κ2) is 5.99. The van der Waals surface area contributed by atoms with E-state index in [0.717, 1.165) is 18.2 Å². The Morgan fingerprint density at radius 2 is 1.76 bits per heavy atom. The molecule has 0 fully saturated rings. The predicted molar refractivity (Wildman–Crippen MR) is 77.9 cm³/mol. The Bertz CT molecular complexity index is 765. The number of rotatable bonds is 4. The minimum Gasteiger partial charge on any atom is -0.266 e. The summed E-state index contributed by atoms with van der Waals surface area (Å²) in [7, 11) is -3.03. The highest BCUT2D eigenvalue weighted by atomic mass is 35.5. The SMILES string of the molecule is CN(c1ccccc1F)S(=O)(=O)c1ccc(CCl)cc1F. The Hall–Kier alpha value is -1.66. The van der Waals surface area contributed by atoms with Gasteiger partial charge < -0.3 is 0 Å². The molecule has 0 saturated carbocycles. The standard InChI is InChI=1S/C14H12ClF2NO2S/c1-18(13-5-3-2-4-11(13)16)21(19,20)14-7-6-10(9-15)8-12(14)17/h2-8H,9H2,1H3. The molecule has 0 aliphatic rings. The average Bonchev–Trinajstić information content (AvgIpc) is 2.46. The molecular formula is C14H12ClF2NO2S. The summed E-state index contributed by atoms with van der Waals surface area (Å²) in [6, 6.07) is 8.96. The van der Waals surface area contributed by atoms with Gasteiger partial charge >= 0.3 is 0 Å². The van der Waals surface area contributed by atoms with Crippen molar-refractivity contribution >= 4 is 27.3 Å². The van der Waals surface area contributed by atoms with E-state index in [-0.39, 0.29) is 11.6 Å². The van der Waals surface area contributed by atoms with Crippen molar-refractivity contribution in [1.29, 1.82) is 0 Å². The Morgan fingerprint density at radius 1 is 1.10 bits per heavy atom. The monoisotopic (exact) mass is 331 g/mol. The van der Waals surface area contributed by atoms with E-state index < -0.39 is 26.6 Å². The summed E-state index contributed by atoms with van der Waals surface area (Å²) >= 11 is 5.57. The first-order valence-corrected chi connectivity index (χ1v) is 7.93. The fourth-order valence-electron chi connectivity index (χ4n) is 1.82. The molecule has 0 aromatic heterocycles. The zero-order valence-electron chi connectivity index (χ0n) is 11.1. The van der Waals surface area contributed by atoms with Gasteiger partial charge in [0.2, 0.25) is 0 Å². The van der Waals surface area contributed by atoms with Crippen LogP contribution in [0, 0.1) is 11.6 Å². The normalized spacial score (nSPS) is 11.4. The molecule has 0 atom stereocenters. The Balaban J connectivity index is 2.50. The van der Waals surface area contributed by atoms with Crippen molar-refractivity contribution < 1.29 is 17.2 Å². The molecule has 0 N–H and O–H groups in total. The van der Waals surface area contributed by atoms with Gasteiger partial charge in [0, 0.05) is 12.9 Å². The largest absolute Gasteiger partial charge is 0.267 e. The van der Waals surface area contributed by atoms with Gasteiger partial charge in [0.05, 0.1) is 5.69 Å². The van der Waals surface area contributed by atoms with Crippen LogP contribution in [-0.2, 0) is 15.9 Å². The quantitative estimate of drug-likeness (QED) is 0.804. The maximum Gasteiger partial charge on any atom is 0.267 e. The van der Waals surface area contributed by atoms with Gasteiger partial charge in [-0.15, -0.1) is 11.6 Å². The summed E-state index contributed by atoms with van der Waals surface area (Å²) in [5.41, 5.74) is 0.306. The summed E-state index contributed by atoms with van der Waals surface area (Å²) in [6.07, 6.45) is 0. The molecule has 0 heterocycles. The second-order valence-corrected chi connectivity index (χ2v) is 6.53. The van der Waals surface area contributed by atoms with E-state index in [1.165, 1.54) is 31.3 Å². The molecule has 0 amide bonds. The van der Waals surface area contributed by atoms with E-state index in [1.54, 1.807) is 0 Å². The lowest BCUT2D eigenvalue weighted by Gasteiger charge is -2.20. The number of anilines is 1. The maximum absolute atomic E-state index is 14.0. The highest BCUT2D eigenvalue weighted by Crippen LogP contribution is 2.26. The van der Waals surface area contributed by atoms with Gasteiger partial charge in [-0.2, -0.15) is 0 Å². The fourth-order valence-corrected chi connectivity index (χ4v) is 3.23.